The van der Waals surface area contributed by atoms with Gasteiger partial charge in [-0.15, -0.1) is 36.2 Å². The molecule has 2 N–H and O–H groups in total. The Kier molecular flexibility index (Phi) is 6.87. The zero-order chi connectivity index (χ0) is 13.3. The van der Waals surface area contributed by atoms with Gasteiger partial charge in [0.1, 0.15) is 11.1 Å². The van der Waals surface area contributed by atoms with Crippen LogP contribution in [0.2, 0.25) is 0 Å². The molecule has 2 heterocycles. The molecule has 1 atom stereocenters. The number of amides is 1. The summed E-state index contributed by atoms with van der Waals surface area (Å²) in [7, 11) is 0. The van der Waals surface area contributed by atoms with Gasteiger partial charge in [0.25, 0.3) is 5.91 Å². The lowest BCUT2D eigenvalue weighted by Gasteiger charge is -2.41. The first-order valence-corrected chi connectivity index (χ1v) is 7.65. The number of thiazole rings is 1. The third-order valence-electron chi connectivity index (χ3n) is 3.82. The zero-order valence-corrected chi connectivity index (χ0v) is 14.3. The van der Waals surface area contributed by atoms with E-state index in [2.05, 4.69) is 15.6 Å². The van der Waals surface area contributed by atoms with E-state index in [4.69, 9.17) is 4.74 Å². The molecule has 3 rings (SSSR count). The summed E-state index contributed by atoms with van der Waals surface area (Å²) in [6.07, 6.45) is 2.73. The number of rotatable bonds is 3. The molecule has 0 aromatic carbocycles. The minimum Gasteiger partial charge on any atom is -0.366 e. The van der Waals surface area contributed by atoms with Crippen LogP contribution in [0.15, 0.2) is 5.38 Å². The minimum atomic E-state index is -0.368. The molecule has 0 bridgehead atoms. The molecule has 8 heteroatoms. The first-order valence-electron chi connectivity index (χ1n) is 6.77. The Balaban J connectivity index is 0.00000110. The number of nitrogens with zero attached hydrogens (tertiary/aromatic N) is 1. The van der Waals surface area contributed by atoms with Crippen molar-refractivity contribution in [2.45, 2.75) is 37.8 Å². The number of nitrogens with one attached hydrogen (secondary N) is 2. The first-order chi connectivity index (χ1) is 9.20. The van der Waals surface area contributed by atoms with E-state index in [1.807, 2.05) is 12.3 Å². The maximum Gasteiger partial charge on any atom is 0.251 e. The molecule has 1 saturated heterocycles. The maximum absolute atomic E-state index is 12.3. The fourth-order valence-electron chi connectivity index (χ4n) is 2.55. The first kappa shape index (κ1) is 18.6. The molecule has 1 amide bonds. The van der Waals surface area contributed by atoms with Crippen molar-refractivity contribution in [2.75, 3.05) is 19.7 Å². The van der Waals surface area contributed by atoms with E-state index in [9.17, 15) is 4.79 Å². The third-order valence-corrected chi connectivity index (χ3v) is 4.98. The highest BCUT2D eigenvalue weighted by Crippen LogP contribution is 2.42. The third kappa shape index (κ3) is 3.87. The van der Waals surface area contributed by atoms with Crippen molar-refractivity contribution in [3.8, 4) is 0 Å². The minimum absolute atomic E-state index is 0. The van der Waals surface area contributed by atoms with Gasteiger partial charge >= 0.3 is 0 Å². The zero-order valence-electron chi connectivity index (χ0n) is 11.9. The molecule has 21 heavy (non-hydrogen) atoms. The number of carbonyl (C=O) groups excluding carboxylic acids is 1. The summed E-state index contributed by atoms with van der Waals surface area (Å²) in [5.41, 5.74) is 0.785. The van der Waals surface area contributed by atoms with E-state index in [0.717, 1.165) is 36.5 Å². The average molecular weight is 354 g/mol. The van der Waals surface area contributed by atoms with Crippen molar-refractivity contribution in [1.29, 1.82) is 0 Å². The molecule has 120 valence electrons. The van der Waals surface area contributed by atoms with Crippen molar-refractivity contribution in [1.82, 2.24) is 15.6 Å². The van der Waals surface area contributed by atoms with Crippen molar-refractivity contribution in [3.05, 3.63) is 16.1 Å². The van der Waals surface area contributed by atoms with Crippen LogP contribution in [0.5, 0.6) is 0 Å². The molecule has 2 aliphatic rings. The maximum atomic E-state index is 12.3. The predicted octanol–water partition coefficient (Wildman–Crippen LogP) is 1.78. The van der Waals surface area contributed by atoms with Gasteiger partial charge < -0.3 is 15.4 Å². The number of hydrogen-bond donors (Lipinski definition) is 2. The van der Waals surface area contributed by atoms with Gasteiger partial charge in [-0.2, -0.15) is 0 Å². The molecule has 1 aliphatic heterocycles. The average Bonchev–Trinajstić information content (AvgIpc) is 2.81. The fourth-order valence-corrected chi connectivity index (χ4v) is 3.56. The van der Waals surface area contributed by atoms with Gasteiger partial charge in [0.15, 0.2) is 0 Å². The topological polar surface area (TPSA) is 63.2 Å². The molecule has 1 saturated carbocycles. The van der Waals surface area contributed by atoms with E-state index in [1.54, 1.807) is 11.3 Å². The summed E-state index contributed by atoms with van der Waals surface area (Å²) >= 11 is 1.64. The van der Waals surface area contributed by atoms with Crippen LogP contribution < -0.4 is 10.6 Å². The molecule has 0 radical (unpaired) electrons. The van der Waals surface area contributed by atoms with Gasteiger partial charge in [-0.25, -0.2) is 4.98 Å². The summed E-state index contributed by atoms with van der Waals surface area (Å²) in [4.78, 5) is 16.8. The van der Waals surface area contributed by atoms with Crippen LogP contribution in [0.25, 0.3) is 0 Å². The second-order valence-corrected chi connectivity index (χ2v) is 6.14. The largest absolute Gasteiger partial charge is 0.366 e. The SMILES string of the molecule is Cc1csc(C2(NC(=O)C3CNCCO3)CCC2)n1.Cl.Cl. The Bertz CT molecular complexity index is 474. The van der Waals surface area contributed by atoms with E-state index in [1.165, 1.54) is 0 Å². The summed E-state index contributed by atoms with van der Waals surface area (Å²) < 4.78 is 5.50. The molecule has 1 unspecified atom stereocenters. The summed E-state index contributed by atoms with van der Waals surface area (Å²) in [6.45, 7) is 4.00. The summed E-state index contributed by atoms with van der Waals surface area (Å²) in [6, 6.07) is 0. The lowest BCUT2D eigenvalue weighted by molar-refractivity contribution is -0.137. The lowest BCUT2D eigenvalue weighted by atomic mass is 9.77. The molecule has 1 aliphatic carbocycles. The van der Waals surface area contributed by atoms with Gasteiger partial charge in [0, 0.05) is 24.2 Å². The van der Waals surface area contributed by atoms with Crippen molar-refractivity contribution < 1.29 is 9.53 Å². The van der Waals surface area contributed by atoms with Gasteiger partial charge in [0.05, 0.1) is 12.1 Å². The van der Waals surface area contributed by atoms with Crippen LogP contribution in [0.1, 0.15) is 30.0 Å². The van der Waals surface area contributed by atoms with Gasteiger partial charge in [-0.05, 0) is 26.2 Å². The molecule has 1 aromatic rings. The van der Waals surface area contributed by atoms with Crippen LogP contribution >= 0.6 is 36.2 Å². The fraction of sp³-hybridized carbons (Fsp3) is 0.692. The highest BCUT2D eigenvalue weighted by atomic mass is 35.5. The van der Waals surface area contributed by atoms with Gasteiger partial charge in [-0.3, -0.25) is 4.79 Å². The summed E-state index contributed by atoms with van der Waals surface area (Å²) in [5.74, 6) is -0.0141. The number of hydrogen-bond acceptors (Lipinski definition) is 5. The number of aromatic nitrogens is 1. The van der Waals surface area contributed by atoms with Crippen molar-refractivity contribution in [2.24, 2.45) is 0 Å². The highest BCUT2D eigenvalue weighted by molar-refractivity contribution is 7.09. The van der Waals surface area contributed by atoms with Crippen LogP contribution in [0.3, 0.4) is 0 Å². The highest BCUT2D eigenvalue weighted by Gasteiger charge is 2.43. The van der Waals surface area contributed by atoms with Crippen molar-refractivity contribution in [3.63, 3.8) is 0 Å². The number of aryl methyl sites for hydroxylation is 1. The molecule has 2 fully saturated rings. The Morgan fingerprint density at radius 2 is 2.29 bits per heavy atom. The van der Waals surface area contributed by atoms with E-state index in [-0.39, 0.29) is 42.4 Å². The number of halogens is 2. The number of carbonyl (C=O) groups is 1. The Hall–Kier alpha value is -0.400. The van der Waals surface area contributed by atoms with Crippen molar-refractivity contribution >= 4 is 42.1 Å². The second kappa shape index (κ2) is 7.74. The number of morpholine rings is 1. The normalized spacial score (nSPS) is 23.2. The lowest BCUT2D eigenvalue weighted by Crippen LogP contribution is -2.56. The van der Waals surface area contributed by atoms with Gasteiger partial charge in [-0.1, -0.05) is 0 Å². The van der Waals surface area contributed by atoms with E-state index >= 15 is 0 Å². The van der Waals surface area contributed by atoms with E-state index < -0.39 is 0 Å². The summed E-state index contributed by atoms with van der Waals surface area (Å²) in [5, 5.41) is 9.43. The smallest absolute Gasteiger partial charge is 0.251 e. The second-order valence-electron chi connectivity index (χ2n) is 5.28. The monoisotopic (exact) mass is 353 g/mol. The molecule has 0 spiro atoms. The van der Waals surface area contributed by atoms with Crippen LogP contribution in [0.4, 0.5) is 0 Å². The molecular weight excluding hydrogens is 333 g/mol. The van der Waals surface area contributed by atoms with Crippen LogP contribution in [-0.2, 0) is 15.1 Å². The van der Waals surface area contributed by atoms with Gasteiger partial charge in [0.2, 0.25) is 0 Å². The molecule has 1 aromatic heterocycles. The quantitative estimate of drug-likeness (QED) is 0.869. The Labute approximate surface area is 141 Å². The molecular formula is C13H21Cl2N3O2S. The Morgan fingerprint density at radius 3 is 2.76 bits per heavy atom. The predicted molar refractivity (Wildman–Crippen MR) is 87.6 cm³/mol. The molecule has 5 nitrogen and oxygen atoms in total. The van der Waals surface area contributed by atoms with Crippen LogP contribution in [-0.4, -0.2) is 36.7 Å². The Morgan fingerprint density at radius 1 is 1.52 bits per heavy atom. The standard InChI is InChI=1S/C13H19N3O2S.2ClH/c1-9-8-19-12(15-9)13(3-2-4-13)16-11(17)10-7-14-5-6-18-10;;/h8,10,14H,2-7H2,1H3,(H,16,17);2*1H. The van der Waals surface area contributed by atoms with E-state index in [0.29, 0.717) is 13.2 Å². The number of ether oxygens (including phenoxy) is 1. The van der Waals surface area contributed by atoms with Crippen LogP contribution in [0, 0.1) is 6.92 Å².